The first-order valence-electron chi connectivity index (χ1n) is 5.29. The van der Waals surface area contributed by atoms with Gasteiger partial charge >= 0.3 is 6.09 Å². The normalized spacial score (nSPS) is 21.6. The lowest BCUT2D eigenvalue weighted by molar-refractivity contribution is 0.0378. The highest BCUT2D eigenvalue weighted by atomic mass is 35.5. The van der Waals surface area contributed by atoms with Gasteiger partial charge in [-0.2, -0.15) is 0 Å². The van der Waals surface area contributed by atoms with Crippen molar-refractivity contribution in [2.45, 2.75) is 19.9 Å². The van der Waals surface area contributed by atoms with Crippen molar-refractivity contribution in [1.29, 1.82) is 0 Å². The predicted octanol–water partition coefficient (Wildman–Crippen LogP) is 3.71. The van der Waals surface area contributed by atoms with Gasteiger partial charge in [0.2, 0.25) is 0 Å². The Morgan fingerprint density at radius 3 is 2.83 bits per heavy atom. The molecular formula is C12H14Cl2FNO2. The van der Waals surface area contributed by atoms with Gasteiger partial charge in [0.15, 0.2) is 0 Å². The summed E-state index contributed by atoms with van der Waals surface area (Å²) in [6, 6.07) is 4.33. The number of benzene rings is 1. The minimum Gasteiger partial charge on any atom is -0.449 e. The first-order valence-corrected chi connectivity index (χ1v) is 5.67. The Morgan fingerprint density at radius 2 is 2.17 bits per heavy atom. The fraction of sp³-hybridized carbons (Fsp3) is 0.417. The van der Waals surface area contributed by atoms with Crippen molar-refractivity contribution in [2.75, 3.05) is 6.61 Å². The smallest absolute Gasteiger partial charge is 0.407 e. The molecule has 1 aliphatic rings. The second-order valence-corrected chi connectivity index (χ2v) is 5.19. The van der Waals surface area contributed by atoms with Crippen LogP contribution in [0.3, 0.4) is 0 Å². The molecule has 6 heteroatoms. The van der Waals surface area contributed by atoms with E-state index in [2.05, 4.69) is 5.32 Å². The van der Waals surface area contributed by atoms with Gasteiger partial charge in [0.05, 0.1) is 11.1 Å². The Kier molecular flexibility index (Phi) is 4.46. The van der Waals surface area contributed by atoms with Crippen molar-refractivity contribution >= 4 is 30.1 Å². The van der Waals surface area contributed by atoms with Crippen molar-refractivity contribution in [1.82, 2.24) is 5.32 Å². The van der Waals surface area contributed by atoms with Gasteiger partial charge in [-0.25, -0.2) is 9.18 Å². The largest absolute Gasteiger partial charge is 0.449 e. The van der Waals surface area contributed by atoms with E-state index in [1.165, 1.54) is 6.07 Å². The number of carbonyl (C=O) groups is 1. The molecule has 3 nitrogen and oxygen atoms in total. The molecule has 1 heterocycles. The molecule has 1 amide bonds. The second kappa shape index (κ2) is 5.33. The summed E-state index contributed by atoms with van der Waals surface area (Å²) in [6.45, 7) is 4.05. The molecule has 100 valence electrons. The van der Waals surface area contributed by atoms with Gasteiger partial charge in [0.25, 0.3) is 0 Å². The fourth-order valence-corrected chi connectivity index (χ4v) is 2.11. The maximum absolute atomic E-state index is 13.9. The lowest BCUT2D eigenvalue weighted by Gasteiger charge is -2.38. The minimum absolute atomic E-state index is 0. The van der Waals surface area contributed by atoms with Gasteiger partial charge in [-0.3, -0.25) is 0 Å². The zero-order valence-electron chi connectivity index (χ0n) is 10.00. The molecule has 1 atom stereocenters. The molecule has 1 saturated heterocycles. The van der Waals surface area contributed by atoms with E-state index in [0.717, 1.165) is 0 Å². The molecule has 1 fully saturated rings. The highest BCUT2D eigenvalue weighted by molar-refractivity contribution is 6.30. The molecule has 0 spiro atoms. The lowest BCUT2D eigenvalue weighted by Crippen LogP contribution is -2.47. The molecule has 2 rings (SSSR count). The summed E-state index contributed by atoms with van der Waals surface area (Å²) in [5.74, 6) is -0.491. The quantitative estimate of drug-likeness (QED) is 0.857. The summed E-state index contributed by atoms with van der Waals surface area (Å²) in [4.78, 5) is 11.2. The van der Waals surface area contributed by atoms with E-state index < -0.39 is 18.0 Å². The molecule has 0 bridgehead atoms. The van der Waals surface area contributed by atoms with Crippen molar-refractivity contribution in [3.8, 4) is 0 Å². The molecule has 1 aromatic rings. The van der Waals surface area contributed by atoms with Crippen LogP contribution in [0.5, 0.6) is 0 Å². The molecule has 0 aliphatic carbocycles. The number of alkyl carbamates (subject to hydrolysis) is 1. The molecule has 0 saturated carbocycles. The maximum Gasteiger partial charge on any atom is 0.407 e. The third-order valence-corrected chi connectivity index (χ3v) is 3.20. The predicted molar refractivity (Wildman–Crippen MR) is 69.7 cm³/mol. The molecule has 1 aliphatic heterocycles. The van der Waals surface area contributed by atoms with Crippen LogP contribution in [0, 0.1) is 11.2 Å². The van der Waals surface area contributed by atoms with Crippen LogP contribution in [0.2, 0.25) is 5.02 Å². The SMILES string of the molecule is CC1(C)COC(=O)N[C@H]1c1cccc(Cl)c1F.Cl. The number of ether oxygens (including phenoxy) is 1. The van der Waals surface area contributed by atoms with E-state index >= 15 is 0 Å². The van der Waals surface area contributed by atoms with Gasteiger partial charge in [-0.1, -0.05) is 37.6 Å². The van der Waals surface area contributed by atoms with Crippen LogP contribution in [0.15, 0.2) is 18.2 Å². The van der Waals surface area contributed by atoms with Crippen molar-refractivity contribution in [3.63, 3.8) is 0 Å². The fourth-order valence-electron chi connectivity index (χ4n) is 1.93. The van der Waals surface area contributed by atoms with E-state index in [1.54, 1.807) is 12.1 Å². The summed E-state index contributed by atoms with van der Waals surface area (Å²) in [7, 11) is 0. The van der Waals surface area contributed by atoms with Gasteiger partial charge in [0, 0.05) is 11.0 Å². The summed E-state index contributed by atoms with van der Waals surface area (Å²) in [6.07, 6.45) is -0.534. The third kappa shape index (κ3) is 2.70. The number of cyclic esters (lactones) is 1. The van der Waals surface area contributed by atoms with Crippen LogP contribution in [0.1, 0.15) is 25.5 Å². The molecule has 0 aromatic heterocycles. The Bertz CT molecular complexity index is 465. The zero-order valence-corrected chi connectivity index (χ0v) is 11.6. The molecule has 18 heavy (non-hydrogen) atoms. The van der Waals surface area contributed by atoms with Gasteiger partial charge < -0.3 is 10.1 Å². The van der Waals surface area contributed by atoms with Crippen LogP contribution in [-0.4, -0.2) is 12.7 Å². The van der Waals surface area contributed by atoms with Gasteiger partial charge in [-0.05, 0) is 6.07 Å². The van der Waals surface area contributed by atoms with E-state index in [0.29, 0.717) is 5.56 Å². The number of carbonyl (C=O) groups excluding carboxylic acids is 1. The highest BCUT2D eigenvalue weighted by Gasteiger charge is 2.39. The van der Waals surface area contributed by atoms with E-state index in [9.17, 15) is 9.18 Å². The number of amides is 1. The topological polar surface area (TPSA) is 38.3 Å². The van der Waals surface area contributed by atoms with Crippen LogP contribution in [0.25, 0.3) is 0 Å². The number of hydrogen-bond donors (Lipinski definition) is 1. The molecular weight excluding hydrogens is 280 g/mol. The second-order valence-electron chi connectivity index (χ2n) is 4.79. The maximum atomic E-state index is 13.9. The number of rotatable bonds is 1. The number of hydrogen-bond acceptors (Lipinski definition) is 2. The molecule has 1 N–H and O–H groups in total. The van der Waals surface area contributed by atoms with Crippen LogP contribution < -0.4 is 5.32 Å². The van der Waals surface area contributed by atoms with Gasteiger partial charge in [0.1, 0.15) is 12.4 Å². The Morgan fingerprint density at radius 1 is 1.50 bits per heavy atom. The summed E-state index contributed by atoms with van der Waals surface area (Å²) < 4.78 is 18.8. The van der Waals surface area contributed by atoms with Crippen LogP contribution in [-0.2, 0) is 4.74 Å². The summed E-state index contributed by atoms with van der Waals surface area (Å²) >= 11 is 5.74. The Labute approximate surface area is 116 Å². The van der Waals surface area contributed by atoms with Crippen molar-refractivity contribution < 1.29 is 13.9 Å². The standard InChI is InChI=1S/C12H13ClFNO2.ClH/c1-12(2)6-17-11(16)15-10(12)7-4-3-5-8(13)9(7)14;/h3-5,10H,6H2,1-2H3,(H,15,16);1H/t10-;/m0./s1. The lowest BCUT2D eigenvalue weighted by atomic mass is 9.80. The summed E-state index contributed by atoms with van der Waals surface area (Å²) in [5, 5.41) is 2.69. The Hall–Kier alpha value is -1.000. The monoisotopic (exact) mass is 293 g/mol. The van der Waals surface area contributed by atoms with E-state index in [1.807, 2.05) is 13.8 Å². The van der Waals surface area contributed by atoms with Crippen molar-refractivity contribution in [2.24, 2.45) is 5.41 Å². The van der Waals surface area contributed by atoms with Crippen LogP contribution >= 0.6 is 24.0 Å². The molecule has 1 aromatic carbocycles. The highest BCUT2D eigenvalue weighted by Crippen LogP contribution is 2.38. The van der Waals surface area contributed by atoms with Crippen molar-refractivity contribution in [3.05, 3.63) is 34.6 Å². The van der Waals surface area contributed by atoms with Crippen LogP contribution in [0.4, 0.5) is 9.18 Å². The molecule has 0 radical (unpaired) electrons. The minimum atomic E-state index is -0.534. The number of halogens is 3. The third-order valence-electron chi connectivity index (χ3n) is 2.91. The first-order chi connectivity index (χ1) is 7.92. The van der Waals surface area contributed by atoms with E-state index in [4.69, 9.17) is 16.3 Å². The zero-order chi connectivity index (χ0) is 12.6. The average molecular weight is 294 g/mol. The summed E-state index contributed by atoms with van der Waals surface area (Å²) in [5.41, 5.74) is -0.00135. The first kappa shape index (κ1) is 15.1. The number of nitrogens with one attached hydrogen (secondary N) is 1. The Balaban J connectivity index is 0.00000162. The van der Waals surface area contributed by atoms with Gasteiger partial charge in [-0.15, -0.1) is 12.4 Å². The average Bonchev–Trinajstić information content (AvgIpc) is 2.26. The van der Waals surface area contributed by atoms with E-state index in [-0.39, 0.29) is 29.5 Å². The molecule has 0 unspecified atom stereocenters.